The van der Waals surface area contributed by atoms with E-state index in [4.69, 9.17) is 15.3 Å². The Morgan fingerprint density at radius 3 is 2.92 bits per heavy atom. The van der Waals surface area contributed by atoms with Gasteiger partial charge in [0.25, 0.3) is 0 Å². The van der Waals surface area contributed by atoms with Gasteiger partial charge >= 0.3 is 5.97 Å². The van der Waals surface area contributed by atoms with Crippen molar-refractivity contribution in [2.24, 2.45) is 5.73 Å². The topological polar surface area (TPSA) is 102 Å². The second-order valence-corrected chi connectivity index (χ2v) is 2.43. The number of carboxylic acids is 1. The van der Waals surface area contributed by atoms with Gasteiger partial charge in [-0.2, -0.15) is 0 Å². The summed E-state index contributed by atoms with van der Waals surface area (Å²) in [7, 11) is 0. The fourth-order valence-electron chi connectivity index (χ4n) is 0.747. The maximum atomic E-state index is 10.4. The van der Waals surface area contributed by atoms with Gasteiger partial charge in [-0.3, -0.25) is 4.79 Å². The molecule has 0 spiro atoms. The van der Waals surface area contributed by atoms with Gasteiger partial charge in [-0.15, -0.1) is 10.2 Å². The summed E-state index contributed by atoms with van der Waals surface area (Å²) in [6.07, 6.45) is 1.14. The molecule has 0 radical (unpaired) electrons. The first kappa shape index (κ1) is 8.66. The largest absolute Gasteiger partial charge is 0.480 e. The Hall–Kier alpha value is -1.43. The minimum absolute atomic E-state index is 0.241. The van der Waals surface area contributed by atoms with E-state index in [1.54, 1.807) is 6.92 Å². The van der Waals surface area contributed by atoms with Crippen LogP contribution in [0.5, 0.6) is 0 Å². The summed E-state index contributed by atoms with van der Waals surface area (Å²) < 4.78 is 4.80. The smallest absolute Gasteiger partial charge is 0.321 e. The van der Waals surface area contributed by atoms with Crippen molar-refractivity contribution in [2.45, 2.75) is 18.9 Å². The van der Waals surface area contributed by atoms with Crippen molar-refractivity contribution in [3.63, 3.8) is 0 Å². The van der Waals surface area contributed by atoms with E-state index < -0.39 is 17.9 Å². The molecule has 1 aromatic rings. The summed E-state index contributed by atoms with van der Waals surface area (Å²) in [6.45, 7) is 1.62. The molecule has 0 saturated heterocycles. The quantitative estimate of drug-likeness (QED) is 0.640. The molecule has 0 bridgehead atoms. The van der Waals surface area contributed by atoms with Crippen LogP contribution in [0.3, 0.4) is 0 Å². The lowest BCUT2D eigenvalue weighted by Gasteiger charge is -2.10. The minimum atomic E-state index is -1.08. The average Bonchev–Trinajstić information content (AvgIpc) is 2.53. The van der Waals surface area contributed by atoms with Crippen molar-refractivity contribution < 1.29 is 14.3 Å². The minimum Gasteiger partial charge on any atom is -0.480 e. The molecular formula is C6H9N3O3. The van der Waals surface area contributed by atoms with Crippen LogP contribution in [0, 0.1) is 0 Å². The van der Waals surface area contributed by atoms with Crippen molar-refractivity contribution in [3.8, 4) is 0 Å². The molecule has 2 atom stereocenters. The highest BCUT2D eigenvalue weighted by Crippen LogP contribution is 2.14. The van der Waals surface area contributed by atoms with Crippen LogP contribution in [0.15, 0.2) is 10.8 Å². The third kappa shape index (κ3) is 1.59. The van der Waals surface area contributed by atoms with E-state index in [-0.39, 0.29) is 5.89 Å². The third-order valence-corrected chi connectivity index (χ3v) is 1.59. The number of aromatic nitrogens is 2. The van der Waals surface area contributed by atoms with Crippen LogP contribution in [-0.4, -0.2) is 27.3 Å². The summed E-state index contributed by atoms with van der Waals surface area (Å²) in [5.41, 5.74) is 5.32. The third-order valence-electron chi connectivity index (χ3n) is 1.59. The summed E-state index contributed by atoms with van der Waals surface area (Å²) in [4.78, 5) is 10.4. The van der Waals surface area contributed by atoms with Gasteiger partial charge in [-0.05, 0) is 0 Å². The first-order valence-corrected chi connectivity index (χ1v) is 3.37. The van der Waals surface area contributed by atoms with Crippen LogP contribution in [0.1, 0.15) is 18.7 Å². The number of nitrogens with two attached hydrogens (primary N) is 1. The molecule has 6 heteroatoms. The van der Waals surface area contributed by atoms with E-state index >= 15 is 0 Å². The molecule has 12 heavy (non-hydrogen) atoms. The number of carbonyl (C=O) groups is 1. The lowest BCUT2D eigenvalue weighted by molar-refractivity contribution is -0.139. The van der Waals surface area contributed by atoms with E-state index in [2.05, 4.69) is 10.2 Å². The molecule has 6 nitrogen and oxygen atoms in total. The molecule has 66 valence electrons. The molecule has 0 saturated carbocycles. The number of hydrogen-bond donors (Lipinski definition) is 2. The zero-order valence-corrected chi connectivity index (χ0v) is 6.47. The maximum Gasteiger partial charge on any atom is 0.321 e. The van der Waals surface area contributed by atoms with E-state index in [1.807, 2.05) is 0 Å². The van der Waals surface area contributed by atoms with Gasteiger partial charge < -0.3 is 15.3 Å². The molecule has 1 aromatic heterocycles. The fourth-order valence-corrected chi connectivity index (χ4v) is 0.747. The summed E-state index contributed by atoms with van der Waals surface area (Å²) >= 11 is 0. The second-order valence-electron chi connectivity index (χ2n) is 2.43. The van der Waals surface area contributed by atoms with E-state index in [0.29, 0.717) is 0 Å². The molecule has 0 aliphatic heterocycles. The number of nitrogens with zero attached hydrogens (tertiary/aromatic N) is 2. The first-order valence-electron chi connectivity index (χ1n) is 3.37. The van der Waals surface area contributed by atoms with Crippen LogP contribution in [0.4, 0.5) is 0 Å². The van der Waals surface area contributed by atoms with Crippen LogP contribution in [0.2, 0.25) is 0 Å². The van der Waals surface area contributed by atoms with Crippen LogP contribution < -0.4 is 5.73 Å². The van der Waals surface area contributed by atoms with E-state index in [1.165, 1.54) is 0 Å². The van der Waals surface area contributed by atoms with E-state index in [0.717, 1.165) is 6.39 Å². The molecule has 1 rings (SSSR count). The Balaban J connectivity index is 2.71. The predicted molar refractivity (Wildman–Crippen MR) is 38.3 cm³/mol. The molecule has 0 aliphatic carbocycles. The number of carboxylic acid groups (broad SMARTS) is 1. The second kappa shape index (κ2) is 3.31. The monoisotopic (exact) mass is 171 g/mol. The lowest BCUT2D eigenvalue weighted by atomic mass is 10.0. The zero-order valence-electron chi connectivity index (χ0n) is 6.47. The lowest BCUT2D eigenvalue weighted by Crippen LogP contribution is -2.35. The van der Waals surface area contributed by atoms with Gasteiger partial charge in [0, 0.05) is 0 Å². The van der Waals surface area contributed by atoms with Crippen molar-refractivity contribution in [1.29, 1.82) is 0 Å². The Morgan fingerprint density at radius 1 is 1.83 bits per heavy atom. The molecule has 0 fully saturated rings. The molecule has 2 unspecified atom stereocenters. The molecule has 3 N–H and O–H groups in total. The average molecular weight is 171 g/mol. The number of rotatable bonds is 3. The number of aliphatic carboxylic acids is 1. The highest BCUT2D eigenvalue weighted by Gasteiger charge is 2.25. The van der Waals surface area contributed by atoms with Gasteiger partial charge in [0.2, 0.25) is 12.3 Å². The zero-order chi connectivity index (χ0) is 9.14. The van der Waals surface area contributed by atoms with Crippen LogP contribution in [-0.2, 0) is 4.79 Å². The highest BCUT2D eigenvalue weighted by molar-refractivity contribution is 5.74. The Morgan fingerprint density at radius 2 is 2.50 bits per heavy atom. The van der Waals surface area contributed by atoms with Crippen molar-refractivity contribution >= 4 is 5.97 Å². The molecular weight excluding hydrogens is 162 g/mol. The van der Waals surface area contributed by atoms with Crippen molar-refractivity contribution in [1.82, 2.24) is 10.2 Å². The van der Waals surface area contributed by atoms with Gasteiger partial charge in [0.15, 0.2) is 0 Å². The van der Waals surface area contributed by atoms with Crippen molar-refractivity contribution in [2.75, 3.05) is 0 Å². The predicted octanol–water partition coefficient (Wildman–Crippen LogP) is -0.415. The van der Waals surface area contributed by atoms with Gasteiger partial charge in [-0.25, -0.2) is 0 Å². The standard InChI is InChI=1S/C6H9N3O3/c1-3(4(7)6(10)11)5-9-8-2-12-5/h2-4H,7H2,1H3,(H,10,11). The van der Waals surface area contributed by atoms with Gasteiger partial charge in [0.05, 0.1) is 5.92 Å². The van der Waals surface area contributed by atoms with Crippen LogP contribution >= 0.6 is 0 Å². The normalized spacial score (nSPS) is 15.5. The Bertz CT molecular complexity index is 259. The fraction of sp³-hybridized carbons (Fsp3) is 0.500. The van der Waals surface area contributed by atoms with Crippen LogP contribution in [0.25, 0.3) is 0 Å². The Labute approximate surface area is 68.4 Å². The molecule has 0 aliphatic rings. The highest BCUT2D eigenvalue weighted by atomic mass is 16.4. The summed E-state index contributed by atoms with van der Waals surface area (Å²) in [5.74, 6) is -1.31. The summed E-state index contributed by atoms with van der Waals surface area (Å²) in [6, 6.07) is -1.01. The molecule has 1 heterocycles. The summed E-state index contributed by atoms with van der Waals surface area (Å²) in [5, 5.41) is 15.5. The first-order chi connectivity index (χ1) is 5.63. The molecule has 0 amide bonds. The molecule has 0 aromatic carbocycles. The van der Waals surface area contributed by atoms with Gasteiger partial charge in [0.1, 0.15) is 6.04 Å². The number of hydrogen-bond acceptors (Lipinski definition) is 5. The maximum absolute atomic E-state index is 10.4. The Kier molecular flexibility index (Phi) is 2.39. The van der Waals surface area contributed by atoms with Crippen molar-refractivity contribution in [3.05, 3.63) is 12.3 Å². The SMILES string of the molecule is CC(c1nnco1)C(N)C(=O)O. The van der Waals surface area contributed by atoms with E-state index in [9.17, 15) is 4.79 Å². The van der Waals surface area contributed by atoms with Gasteiger partial charge in [-0.1, -0.05) is 6.92 Å².